The standard InChI is InChI=1S/C10H23N3/c1-4-12(3)9-10(2)13-7-5-11-6-8-13/h10-11H,4-9H2,1-3H3. The summed E-state index contributed by atoms with van der Waals surface area (Å²) in [6, 6.07) is 0.701. The van der Waals surface area contributed by atoms with Gasteiger partial charge in [-0.1, -0.05) is 6.92 Å². The van der Waals surface area contributed by atoms with Crippen LogP contribution < -0.4 is 5.32 Å². The first kappa shape index (κ1) is 11.0. The van der Waals surface area contributed by atoms with Gasteiger partial charge in [-0.3, -0.25) is 4.90 Å². The summed E-state index contributed by atoms with van der Waals surface area (Å²) in [5.41, 5.74) is 0. The molecule has 0 aromatic heterocycles. The molecule has 0 aromatic rings. The lowest BCUT2D eigenvalue weighted by atomic mass is 10.2. The van der Waals surface area contributed by atoms with Crippen molar-refractivity contribution in [3.8, 4) is 0 Å². The summed E-state index contributed by atoms with van der Waals surface area (Å²) in [6.45, 7) is 11.6. The van der Waals surface area contributed by atoms with E-state index in [2.05, 4.69) is 36.0 Å². The Morgan fingerprint density at radius 2 is 2.00 bits per heavy atom. The van der Waals surface area contributed by atoms with Crippen LogP contribution in [0.5, 0.6) is 0 Å². The van der Waals surface area contributed by atoms with Gasteiger partial charge in [0.25, 0.3) is 0 Å². The van der Waals surface area contributed by atoms with Crippen LogP contribution in [0.4, 0.5) is 0 Å². The van der Waals surface area contributed by atoms with E-state index in [1.54, 1.807) is 0 Å². The Kier molecular flexibility index (Phi) is 4.70. The first-order valence-corrected chi connectivity index (χ1v) is 5.37. The second-order valence-electron chi connectivity index (χ2n) is 3.99. The van der Waals surface area contributed by atoms with Gasteiger partial charge >= 0.3 is 0 Å². The van der Waals surface area contributed by atoms with Crippen molar-refractivity contribution in [1.29, 1.82) is 0 Å². The highest BCUT2D eigenvalue weighted by atomic mass is 15.2. The van der Waals surface area contributed by atoms with Gasteiger partial charge in [0.2, 0.25) is 0 Å². The van der Waals surface area contributed by atoms with Crippen LogP contribution in [0.25, 0.3) is 0 Å². The third-order valence-corrected chi connectivity index (χ3v) is 2.89. The van der Waals surface area contributed by atoms with Crippen molar-refractivity contribution in [3.05, 3.63) is 0 Å². The highest BCUT2D eigenvalue weighted by molar-refractivity contribution is 4.75. The third kappa shape index (κ3) is 3.63. The normalized spacial score (nSPS) is 22.2. The maximum Gasteiger partial charge on any atom is 0.0195 e. The van der Waals surface area contributed by atoms with E-state index in [1.165, 1.54) is 19.6 Å². The molecule has 1 aliphatic heterocycles. The molecule has 1 atom stereocenters. The maximum atomic E-state index is 3.38. The lowest BCUT2D eigenvalue weighted by Gasteiger charge is -2.34. The van der Waals surface area contributed by atoms with Gasteiger partial charge in [0, 0.05) is 38.8 Å². The molecule has 1 unspecified atom stereocenters. The summed E-state index contributed by atoms with van der Waals surface area (Å²) in [6.07, 6.45) is 0. The molecule has 0 amide bonds. The molecule has 0 radical (unpaired) electrons. The van der Waals surface area contributed by atoms with E-state index < -0.39 is 0 Å². The zero-order chi connectivity index (χ0) is 9.68. The SMILES string of the molecule is CCN(C)CC(C)N1CCNCC1. The molecule has 1 fully saturated rings. The zero-order valence-electron chi connectivity index (χ0n) is 9.21. The van der Waals surface area contributed by atoms with Crippen LogP contribution in [0.2, 0.25) is 0 Å². The Morgan fingerprint density at radius 1 is 1.38 bits per heavy atom. The molecule has 1 aliphatic rings. The number of hydrogen-bond donors (Lipinski definition) is 1. The average molecular weight is 185 g/mol. The topological polar surface area (TPSA) is 18.5 Å². The van der Waals surface area contributed by atoms with E-state index in [0.717, 1.165) is 19.6 Å². The molecule has 0 aliphatic carbocycles. The minimum atomic E-state index is 0.701. The number of piperazine rings is 1. The third-order valence-electron chi connectivity index (χ3n) is 2.89. The predicted octanol–water partition coefficient (Wildman–Crippen LogP) is 0.232. The van der Waals surface area contributed by atoms with Crippen molar-refractivity contribution in [2.75, 3.05) is 46.3 Å². The van der Waals surface area contributed by atoms with E-state index in [9.17, 15) is 0 Å². The molecule has 13 heavy (non-hydrogen) atoms. The number of rotatable bonds is 4. The summed E-state index contributed by atoms with van der Waals surface area (Å²) >= 11 is 0. The van der Waals surface area contributed by atoms with E-state index >= 15 is 0 Å². The highest BCUT2D eigenvalue weighted by Crippen LogP contribution is 2.02. The van der Waals surface area contributed by atoms with Gasteiger partial charge in [-0.2, -0.15) is 0 Å². The summed E-state index contributed by atoms with van der Waals surface area (Å²) in [7, 11) is 2.19. The quantitative estimate of drug-likeness (QED) is 0.676. The van der Waals surface area contributed by atoms with Gasteiger partial charge in [-0.05, 0) is 20.5 Å². The Labute approximate surface area is 82.1 Å². The molecular formula is C10H23N3. The summed E-state index contributed by atoms with van der Waals surface area (Å²) in [4.78, 5) is 4.95. The van der Waals surface area contributed by atoms with Crippen molar-refractivity contribution < 1.29 is 0 Å². The second-order valence-corrected chi connectivity index (χ2v) is 3.99. The van der Waals surface area contributed by atoms with Gasteiger partial charge in [-0.25, -0.2) is 0 Å². The zero-order valence-corrected chi connectivity index (χ0v) is 9.21. The van der Waals surface area contributed by atoms with Crippen LogP contribution in [0, 0.1) is 0 Å². The molecule has 0 bridgehead atoms. The molecule has 3 heteroatoms. The summed E-state index contributed by atoms with van der Waals surface area (Å²) in [5.74, 6) is 0. The van der Waals surface area contributed by atoms with Gasteiger partial charge in [0.15, 0.2) is 0 Å². The number of nitrogens with zero attached hydrogens (tertiary/aromatic N) is 2. The van der Waals surface area contributed by atoms with Crippen LogP contribution in [-0.2, 0) is 0 Å². The van der Waals surface area contributed by atoms with E-state index in [-0.39, 0.29) is 0 Å². The molecule has 0 saturated carbocycles. The molecule has 1 rings (SSSR count). The van der Waals surface area contributed by atoms with Crippen molar-refractivity contribution in [1.82, 2.24) is 15.1 Å². The van der Waals surface area contributed by atoms with Crippen LogP contribution in [0.3, 0.4) is 0 Å². The largest absolute Gasteiger partial charge is 0.314 e. The summed E-state index contributed by atoms with van der Waals surface area (Å²) < 4.78 is 0. The van der Waals surface area contributed by atoms with E-state index in [1.807, 2.05) is 0 Å². The monoisotopic (exact) mass is 185 g/mol. The van der Waals surface area contributed by atoms with Crippen LogP contribution in [0.15, 0.2) is 0 Å². The van der Waals surface area contributed by atoms with Crippen molar-refractivity contribution in [2.24, 2.45) is 0 Å². The highest BCUT2D eigenvalue weighted by Gasteiger charge is 2.16. The minimum Gasteiger partial charge on any atom is -0.314 e. The minimum absolute atomic E-state index is 0.701. The molecular weight excluding hydrogens is 162 g/mol. The molecule has 1 heterocycles. The van der Waals surface area contributed by atoms with Crippen LogP contribution in [0.1, 0.15) is 13.8 Å². The van der Waals surface area contributed by atoms with Gasteiger partial charge in [0.05, 0.1) is 0 Å². The number of hydrogen-bond acceptors (Lipinski definition) is 3. The van der Waals surface area contributed by atoms with Crippen molar-refractivity contribution >= 4 is 0 Å². The molecule has 1 N–H and O–H groups in total. The van der Waals surface area contributed by atoms with Gasteiger partial charge < -0.3 is 10.2 Å². The lowest BCUT2D eigenvalue weighted by molar-refractivity contribution is 0.149. The van der Waals surface area contributed by atoms with Crippen molar-refractivity contribution in [2.45, 2.75) is 19.9 Å². The Morgan fingerprint density at radius 3 is 2.54 bits per heavy atom. The first-order valence-electron chi connectivity index (χ1n) is 5.37. The lowest BCUT2D eigenvalue weighted by Crippen LogP contribution is -2.50. The Hall–Kier alpha value is -0.120. The molecule has 0 aromatic carbocycles. The maximum absolute atomic E-state index is 3.38. The molecule has 1 saturated heterocycles. The number of likely N-dealkylation sites (N-methyl/N-ethyl adjacent to an activating group) is 1. The Balaban J connectivity index is 2.24. The van der Waals surface area contributed by atoms with Gasteiger partial charge in [0.1, 0.15) is 0 Å². The predicted molar refractivity (Wildman–Crippen MR) is 57.1 cm³/mol. The summed E-state index contributed by atoms with van der Waals surface area (Å²) in [5, 5.41) is 3.38. The van der Waals surface area contributed by atoms with E-state index in [0.29, 0.717) is 6.04 Å². The molecule has 78 valence electrons. The smallest absolute Gasteiger partial charge is 0.0195 e. The fourth-order valence-corrected chi connectivity index (χ4v) is 1.82. The molecule has 0 spiro atoms. The van der Waals surface area contributed by atoms with Crippen molar-refractivity contribution in [3.63, 3.8) is 0 Å². The Bertz CT molecular complexity index is 132. The fourth-order valence-electron chi connectivity index (χ4n) is 1.82. The average Bonchev–Trinajstić information content (AvgIpc) is 2.19. The second kappa shape index (κ2) is 5.58. The van der Waals surface area contributed by atoms with Crippen LogP contribution in [-0.4, -0.2) is 62.2 Å². The fraction of sp³-hybridized carbons (Fsp3) is 1.00. The van der Waals surface area contributed by atoms with E-state index in [4.69, 9.17) is 0 Å². The molecule has 3 nitrogen and oxygen atoms in total. The number of nitrogens with one attached hydrogen (secondary N) is 1. The van der Waals surface area contributed by atoms with Gasteiger partial charge in [-0.15, -0.1) is 0 Å². The first-order chi connectivity index (χ1) is 6.24. The van der Waals surface area contributed by atoms with Crippen LogP contribution >= 0.6 is 0 Å².